The Kier molecular flexibility index (Phi) is 5.08. The maximum absolute atomic E-state index is 12.2. The lowest BCUT2D eigenvalue weighted by Crippen LogP contribution is -2.32. The van der Waals surface area contributed by atoms with Crippen LogP contribution in [0.5, 0.6) is 0 Å². The van der Waals surface area contributed by atoms with E-state index in [2.05, 4.69) is 28.5 Å². The zero-order valence-electron chi connectivity index (χ0n) is 13.1. The second-order valence-corrected chi connectivity index (χ2v) is 6.35. The molecule has 5 heteroatoms. The predicted molar refractivity (Wildman–Crippen MR) is 93.0 cm³/mol. The quantitative estimate of drug-likeness (QED) is 0.685. The maximum Gasteiger partial charge on any atom is 0.292 e. The first-order chi connectivity index (χ1) is 11.3. The summed E-state index contributed by atoms with van der Waals surface area (Å²) in [6, 6.07) is 12.4. The molecule has 0 saturated carbocycles. The zero-order chi connectivity index (χ0) is 16.1. The number of carbonyl (C=O) groups excluding carboxylic acids is 1. The molecular weight excluding hydrogens is 308 g/mol. The fraction of sp³-hybridized carbons (Fsp3) is 0.333. The highest BCUT2D eigenvalue weighted by atomic mass is 32.1. The van der Waals surface area contributed by atoms with Crippen LogP contribution in [0.3, 0.4) is 0 Å². The van der Waals surface area contributed by atoms with Crippen LogP contribution in [0.4, 0.5) is 0 Å². The molecule has 1 aromatic carbocycles. The van der Waals surface area contributed by atoms with E-state index in [1.54, 1.807) is 6.07 Å². The topological polar surface area (TPSA) is 50.7 Å². The number of hydrogen-bond donors (Lipinski definition) is 1. The first-order valence-electron chi connectivity index (χ1n) is 7.91. The molecular formula is C18H20N2O2S. The smallest absolute Gasteiger partial charge is 0.292 e. The number of thiophene rings is 1. The molecule has 0 fully saturated rings. The molecule has 120 valence electrons. The normalized spacial score (nSPS) is 17.4. The summed E-state index contributed by atoms with van der Waals surface area (Å²) in [6.07, 6.45) is 3.17. The average molecular weight is 328 g/mol. The van der Waals surface area contributed by atoms with Crippen molar-refractivity contribution in [3.05, 3.63) is 57.8 Å². The van der Waals surface area contributed by atoms with E-state index in [1.165, 1.54) is 22.5 Å². The molecule has 0 spiro atoms. The monoisotopic (exact) mass is 328 g/mol. The van der Waals surface area contributed by atoms with Crippen molar-refractivity contribution in [3.63, 3.8) is 0 Å². The van der Waals surface area contributed by atoms with Gasteiger partial charge in [0.1, 0.15) is 0 Å². The van der Waals surface area contributed by atoms with Gasteiger partial charge in [-0.15, -0.1) is 11.3 Å². The van der Waals surface area contributed by atoms with Crippen LogP contribution in [-0.4, -0.2) is 18.5 Å². The van der Waals surface area contributed by atoms with E-state index in [1.807, 2.05) is 24.4 Å². The lowest BCUT2D eigenvalue weighted by atomic mass is 9.88. The summed E-state index contributed by atoms with van der Waals surface area (Å²) in [7, 11) is 0. The third-order valence-corrected chi connectivity index (χ3v) is 4.73. The van der Waals surface area contributed by atoms with Gasteiger partial charge in [-0.1, -0.05) is 30.3 Å². The minimum absolute atomic E-state index is 0.0464. The molecule has 0 radical (unpaired) electrons. The molecule has 0 aliphatic heterocycles. The van der Waals surface area contributed by atoms with Crippen molar-refractivity contribution in [2.45, 2.75) is 32.2 Å². The summed E-state index contributed by atoms with van der Waals surface area (Å²) in [5, 5.41) is 4.68. The van der Waals surface area contributed by atoms with Gasteiger partial charge in [-0.2, -0.15) is 0 Å². The summed E-state index contributed by atoms with van der Waals surface area (Å²) >= 11 is 1.40. The molecule has 1 aromatic heterocycles. The number of ether oxygens (including phenoxy) is 1. The minimum atomic E-state index is -0.170. The molecule has 0 bridgehead atoms. The van der Waals surface area contributed by atoms with Gasteiger partial charge in [0, 0.05) is 0 Å². The van der Waals surface area contributed by atoms with Crippen LogP contribution >= 0.6 is 11.3 Å². The van der Waals surface area contributed by atoms with Crippen molar-refractivity contribution in [3.8, 4) is 0 Å². The molecule has 3 rings (SSSR count). The van der Waals surface area contributed by atoms with Crippen LogP contribution in [-0.2, 0) is 11.2 Å². The minimum Gasteiger partial charge on any atom is -0.465 e. The molecule has 1 atom stereocenters. The summed E-state index contributed by atoms with van der Waals surface area (Å²) < 4.78 is 5.55. The van der Waals surface area contributed by atoms with E-state index < -0.39 is 0 Å². The van der Waals surface area contributed by atoms with E-state index in [0.29, 0.717) is 17.5 Å². The van der Waals surface area contributed by atoms with Gasteiger partial charge in [0.05, 0.1) is 17.5 Å². The van der Waals surface area contributed by atoms with Crippen molar-refractivity contribution >= 4 is 23.3 Å². The van der Waals surface area contributed by atoms with Crippen LogP contribution in [0.1, 0.15) is 46.6 Å². The van der Waals surface area contributed by atoms with E-state index in [4.69, 9.17) is 4.74 Å². The lowest BCUT2D eigenvalue weighted by Gasteiger charge is -2.23. The summed E-state index contributed by atoms with van der Waals surface area (Å²) in [4.78, 5) is 17.6. The van der Waals surface area contributed by atoms with Gasteiger partial charge in [-0.05, 0) is 48.8 Å². The lowest BCUT2D eigenvalue weighted by molar-refractivity contribution is 0.0970. The van der Waals surface area contributed by atoms with Crippen molar-refractivity contribution in [1.29, 1.82) is 0 Å². The molecule has 23 heavy (non-hydrogen) atoms. The van der Waals surface area contributed by atoms with Crippen LogP contribution < -0.4 is 5.32 Å². The number of nitrogens with zero attached hydrogens (tertiary/aromatic N) is 1. The predicted octanol–water partition coefficient (Wildman–Crippen LogP) is 3.95. The third kappa shape index (κ3) is 3.79. The SMILES string of the molecule is CCOC(=N[C@@H]1CCCc2ccccc21)NC(=O)c1cccs1. The summed E-state index contributed by atoms with van der Waals surface area (Å²) in [5.41, 5.74) is 2.58. The van der Waals surface area contributed by atoms with Gasteiger partial charge in [-0.25, -0.2) is 4.99 Å². The highest BCUT2D eigenvalue weighted by Gasteiger charge is 2.21. The molecule has 4 nitrogen and oxygen atoms in total. The van der Waals surface area contributed by atoms with E-state index in [0.717, 1.165) is 19.3 Å². The molecule has 1 aliphatic carbocycles. The van der Waals surface area contributed by atoms with E-state index >= 15 is 0 Å². The first-order valence-corrected chi connectivity index (χ1v) is 8.79. The number of amidine groups is 1. The number of rotatable bonds is 3. The maximum atomic E-state index is 12.2. The highest BCUT2D eigenvalue weighted by molar-refractivity contribution is 7.12. The van der Waals surface area contributed by atoms with Gasteiger partial charge < -0.3 is 4.74 Å². The molecule has 0 saturated heterocycles. The number of carbonyl (C=O) groups is 1. The van der Waals surface area contributed by atoms with Crippen molar-refractivity contribution in [2.24, 2.45) is 4.99 Å². The summed E-state index contributed by atoms with van der Waals surface area (Å²) in [5.74, 6) is -0.170. The zero-order valence-corrected chi connectivity index (χ0v) is 13.9. The average Bonchev–Trinajstić information content (AvgIpc) is 3.10. The van der Waals surface area contributed by atoms with Crippen LogP contribution in [0, 0.1) is 0 Å². The van der Waals surface area contributed by atoms with E-state index in [-0.39, 0.29) is 11.9 Å². The van der Waals surface area contributed by atoms with Gasteiger partial charge in [-0.3, -0.25) is 10.1 Å². The van der Waals surface area contributed by atoms with Crippen LogP contribution in [0.2, 0.25) is 0 Å². The molecule has 2 aromatic rings. The Morgan fingerprint density at radius 2 is 2.22 bits per heavy atom. The Bertz CT molecular complexity index is 695. The van der Waals surface area contributed by atoms with Crippen molar-refractivity contribution < 1.29 is 9.53 Å². The Morgan fingerprint density at radius 1 is 1.35 bits per heavy atom. The number of fused-ring (bicyclic) bond motifs is 1. The molecule has 1 aliphatic rings. The number of aliphatic imine (C=N–C) groups is 1. The largest absolute Gasteiger partial charge is 0.465 e. The van der Waals surface area contributed by atoms with E-state index in [9.17, 15) is 4.79 Å². The van der Waals surface area contributed by atoms with Gasteiger partial charge in [0.15, 0.2) is 0 Å². The Labute approximate surface area is 140 Å². The molecule has 1 N–H and O–H groups in total. The molecule has 1 heterocycles. The number of hydrogen-bond acceptors (Lipinski definition) is 4. The van der Waals surface area contributed by atoms with Crippen LogP contribution in [0.25, 0.3) is 0 Å². The molecule has 1 amide bonds. The second kappa shape index (κ2) is 7.42. The van der Waals surface area contributed by atoms with Crippen molar-refractivity contribution in [2.75, 3.05) is 6.61 Å². The number of nitrogens with one attached hydrogen (secondary N) is 1. The van der Waals surface area contributed by atoms with Crippen molar-refractivity contribution in [1.82, 2.24) is 5.32 Å². The highest BCUT2D eigenvalue weighted by Crippen LogP contribution is 2.32. The summed E-state index contributed by atoms with van der Waals surface area (Å²) in [6.45, 7) is 2.36. The number of aryl methyl sites for hydroxylation is 1. The molecule has 0 unspecified atom stereocenters. The Morgan fingerprint density at radius 3 is 3.00 bits per heavy atom. The van der Waals surface area contributed by atoms with Gasteiger partial charge in [0.2, 0.25) is 0 Å². The van der Waals surface area contributed by atoms with Gasteiger partial charge >= 0.3 is 0 Å². The van der Waals surface area contributed by atoms with Crippen LogP contribution in [0.15, 0.2) is 46.8 Å². The third-order valence-electron chi connectivity index (χ3n) is 3.86. The Balaban J connectivity index is 1.81. The fourth-order valence-electron chi connectivity index (χ4n) is 2.81. The Hall–Kier alpha value is -2.14. The standard InChI is InChI=1S/C18H20N2O2S/c1-2-22-18(20-17(21)16-11-6-12-23-16)19-15-10-5-8-13-7-3-4-9-14(13)15/h3-4,6-7,9,11-12,15H,2,5,8,10H2,1H3,(H,19,20,21)/t15-/m1/s1. The second-order valence-electron chi connectivity index (χ2n) is 5.41. The van der Waals surface area contributed by atoms with Gasteiger partial charge in [0.25, 0.3) is 11.9 Å². The fourth-order valence-corrected chi connectivity index (χ4v) is 3.43. The first kappa shape index (κ1) is 15.7. The number of benzene rings is 1. The number of amides is 1.